The molecule has 3 rings (SSSR count). The highest BCUT2D eigenvalue weighted by molar-refractivity contribution is 7.61. The molecule has 3 heterocycles. The van der Waals surface area contributed by atoms with Gasteiger partial charge in [-0.15, -0.1) is 6.42 Å². The summed E-state index contributed by atoms with van der Waals surface area (Å²) in [4.78, 5) is 44.8. The molecule has 0 bridgehead atoms. The van der Waals surface area contributed by atoms with E-state index in [1.807, 2.05) is 4.98 Å². The predicted octanol–water partition coefficient (Wildman–Crippen LogP) is -4.14. The fraction of sp³-hybridized carbons (Fsp3) is 0.667. The largest absolute Gasteiger partial charge is 0.483 e. The van der Waals surface area contributed by atoms with E-state index in [-0.39, 0.29) is 6.61 Å². The van der Waals surface area contributed by atoms with Crippen LogP contribution in [0, 0.1) is 12.3 Å². The van der Waals surface area contributed by atoms with Crippen molar-refractivity contribution in [3.05, 3.63) is 33.1 Å². The Morgan fingerprint density at radius 1 is 0.949 bits per heavy atom. The second-order valence-electron chi connectivity index (χ2n) is 8.22. The first-order valence-corrected chi connectivity index (χ1v) is 13.9. The number of aromatic amines is 1. The summed E-state index contributed by atoms with van der Waals surface area (Å²) < 4.78 is 53.8. The van der Waals surface area contributed by atoms with Crippen molar-refractivity contribution in [1.29, 1.82) is 0 Å². The van der Waals surface area contributed by atoms with Gasteiger partial charge in [0.1, 0.15) is 49.3 Å². The van der Waals surface area contributed by atoms with Crippen LogP contribution in [0.25, 0.3) is 0 Å². The molecule has 9 unspecified atom stereocenters. The average Bonchev–Trinajstić information content (AvgIpc) is 3.12. The maximum atomic E-state index is 12.3. The van der Waals surface area contributed by atoms with Crippen LogP contribution in [0.5, 0.6) is 0 Å². The summed E-state index contributed by atoms with van der Waals surface area (Å²) in [7, 11) is -11.1. The second-order valence-corrected chi connectivity index (χ2v) is 11.2. The first kappa shape index (κ1) is 31.7. The van der Waals surface area contributed by atoms with Crippen LogP contribution < -0.4 is 11.2 Å². The van der Waals surface area contributed by atoms with Crippen LogP contribution in [-0.2, 0) is 36.7 Å². The van der Waals surface area contributed by atoms with E-state index in [1.165, 1.54) is 0 Å². The molecule has 0 aromatic carbocycles. The first-order chi connectivity index (χ1) is 18.2. The van der Waals surface area contributed by atoms with Crippen molar-refractivity contribution in [2.75, 3.05) is 19.8 Å². The molecule has 0 aliphatic carbocycles. The third-order valence-electron chi connectivity index (χ3n) is 5.44. The molecule has 1 aromatic heterocycles. The average molecular weight is 604 g/mol. The number of aliphatic hydroxyl groups excluding tert-OH is 5. The number of nitrogens with one attached hydrogen (secondary N) is 1. The normalized spacial score (nSPS) is 36.1. The maximum Gasteiger partial charge on any atom is 0.483 e. The monoisotopic (exact) mass is 604 g/mol. The highest BCUT2D eigenvalue weighted by Gasteiger charge is 2.49. The van der Waals surface area contributed by atoms with Crippen molar-refractivity contribution in [2.45, 2.75) is 55.2 Å². The van der Waals surface area contributed by atoms with Crippen LogP contribution in [-0.4, -0.2) is 114 Å². The molecular formula is C18H26N2O17P2. The van der Waals surface area contributed by atoms with E-state index >= 15 is 0 Å². The molecule has 0 radical (unpaired) electrons. The van der Waals surface area contributed by atoms with Gasteiger partial charge in [-0.05, 0) is 0 Å². The molecule has 19 nitrogen and oxygen atoms in total. The predicted molar refractivity (Wildman–Crippen MR) is 121 cm³/mol. The number of hydrogen-bond donors (Lipinski definition) is 8. The van der Waals surface area contributed by atoms with Gasteiger partial charge >= 0.3 is 21.3 Å². The van der Waals surface area contributed by atoms with Crippen LogP contribution in [0.15, 0.2) is 21.9 Å². The van der Waals surface area contributed by atoms with Gasteiger partial charge in [-0.1, -0.05) is 5.92 Å². The summed E-state index contributed by atoms with van der Waals surface area (Å²) in [6.45, 7) is -1.68. The van der Waals surface area contributed by atoms with Gasteiger partial charge in [-0.25, -0.2) is 13.9 Å². The van der Waals surface area contributed by atoms with Crippen molar-refractivity contribution in [1.82, 2.24) is 9.55 Å². The van der Waals surface area contributed by atoms with E-state index in [2.05, 4.69) is 19.3 Å². The molecule has 39 heavy (non-hydrogen) atoms. The molecule has 0 spiro atoms. The molecule has 11 atom stereocenters. The van der Waals surface area contributed by atoms with Gasteiger partial charge in [0, 0.05) is 12.3 Å². The molecule has 1 aromatic rings. The van der Waals surface area contributed by atoms with Gasteiger partial charge in [-0.3, -0.25) is 23.4 Å². The van der Waals surface area contributed by atoms with Crippen molar-refractivity contribution in [2.24, 2.45) is 0 Å². The van der Waals surface area contributed by atoms with Crippen molar-refractivity contribution >= 4 is 15.6 Å². The Bertz CT molecular complexity index is 1250. The summed E-state index contributed by atoms with van der Waals surface area (Å²) in [5, 5.41) is 50.3. The zero-order valence-electron chi connectivity index (χ0n) is 19.6. The minimum absolute atomic E-state index is 0.220. The molecule has 2 fully saturated rings. The number of aliphatic hydroxyl groups is 5. The number of ether oxygens (including phenoxy) is 3. The third-order valence-corrected chi connectivity index (χ3v) is 8.04. The quantitative estimate of drug-likeness (QED) is 0.0676. The van der Waals surface area contributed by atoms with Crippen LogP contribution in [0.2, 0.25) is 0 Å². The summed E-state index contributed by atoms with van der Waals surface area (Å²) >= 11 is 0. The maximum absolute atomic E-state index is 12.3. The number of phosphoric ester groups is 2. The SMILES string of the molecule is C#CCOCC1O[C@H](OP(=O)(O)OP(=O)(O)OCC2OC(n3ccc(=O)[nH]c3=O)C(O)C2O)[C@H](O)C(O)C1O. The van der Waals surface area contributed by atoms with Crippen molar-refractivity contribution in [3.63, 3.8) is 0 Å². The molecule has 0 saturated carbocycles. The minimum Gasteiger partial charge on any atom is -0.387 e. The second kappa shape index (κ2) is 12.8. The fourth-order valence-corrected chi connectivity index (χ4v) is 5.73. The molecular weight excluding hydrogens is 578 g/mol. The van der Waals surface area contributed by atoms with E-state index in [4.69, 9.17) is 20.6 Å². The lowest BCUT2D eigenvalue weighted by atomic mass is 9.99. The van der Waals surface area contributed by atoms with Gasteiger partial charge in [0.05, 0.1) is 13.2 Å². The molecule has 220 valence electrons. The smallest absolute Gasteiger partial charge is 0.387 e. The van der Waals surface area contributed by atoms with Crippen LogP contribution in [0.3, 0.4) is 0 Å². The van der Waals surface area contributed by atoms with Gasteiger partial charge in [0.25, 0.3) is 5.56 Å². The zero-order chi connectivity index (χ0) is 29.1. The highest BCUT2D eigenvalue weighted by atomic mass is 31.3. The molecule has 8 N–H and O–H groups in total. The van der Waals surface area contributed by atoms with E-state index in [0.29, 0.717) is 0 Å². The Balaban J connectivity index is 1.60. The van der Waals surface area contributed by atoms with E-state index in [1.54, 1.807) is 0 Å². The van der Waals surface area contributed by atoms with Crippen LogP contribution in [0.4, 0.5) is 0 Å². The molecule has 0 amide bonds. The van der Waals surface area contributed by atoms with Crippen molar-refractivity contribution in [3.8, 4) is 12.3 Å². The topological polar surface area (TPSA) is 286 Å². The number of H-pyrrole nitrogens is 1. The fourth-order valence-electron chi connectivity index (χ4n) is 3.57. The minimum atomic E-state index is -5.61. The number of hydrogen-bond acceptors (Lipinski definition) is 15. The number of aromatic nitrogens is 2. The molecule has 2 aliphatic heterocycles. The van der Waals surface area contributed by atoms with Gasteiger partial charge in [0.2, 0.25) is 0 Å². The summed E-state index contributed by atoms with van der Waals surface area (Å²) in [5.41, 5.74) is -1.74. The lowest BCUT2D eigenvalue weighted by molar-refractivity contribution is -0.282. The first-order valence-electron chi connectivity index (χ1n) is 10.9. The van der Waals surface area contributed by atoms with Gasteiger partial charge in [0.15, 0.2) is 12.5 Å². The standard InChI is InChI=1S/C18H26N2O17P2/c1-2-5-32-6-8-11(22)13(24)15(26)17(35-8)36-39(30,31)37-38(28,29)33-7-9-12(23)14(25)16(34-9)20-4-3-10(21)19-18(20)27/h1,3-4,8-9,11-17,22-26H,5-7H2,(H,28,29)(H,30,31)(H,19,21,27)/t8?,9?,11?,12?,13?,14?,15-,16?,17-/m1/s1. The Morgan fingerprint density at radius 2 is 1.59 bits per heavy atom. The number of terminal acetylenes is 1. The number of nitrogens with zero attached hydrogens (tertiary/aromatic N) is 1. The van der Waals surface area contributed by atoms with E-state index < -0.39 is 95.4 Å². The Kier molecular flexibility index (Phi) is 10.4. The lowest BCUT2D eigenvalue weighted by Gasteiger charge is -2.40. The molecule has 2 saturated heterocycles. The molecule has 2 aliphatic rings. The third kappa shape index (κ3) is 7.89. The highest BCUT2D eigenvalue weighted by Crippen LogP contribution is 2.61. The molecule has 21 heteroatoms. The van der Waals surface area contributed by atoms with Gasteiger partial charge < -0.3 is 49.5 Å². The Labute approximate surface area is 218 Å². The Hall–Kier alpha value is -1.82. The summed E-state index contributed by atoms with van der Waals surface area (Å²) in [6.07, 6.45) is -10.1. The van der Waals surface area contributed by atoms with Crippen LogP contribution >= 0.6 is 15.6 Å². The Morgan fingerprint density at radius 3 is 2.23 bits per heavy atom. The van der Waals surface area contributed by atoms with E-state index in [0.717, 1.165) is 16.8 Å². The van der Waals surface area contributed by atoms with E-state index in [9.17, 15) is 54.0 Å². The zero-order valence-corrected chi connectivity index (χ0v) is 21.4. The summed E-state index contributed by atoms with van der Waals surface area (Å²) in [6, 6.07) is 0.932. The number of rotatable bonds is 11. The number of phosphoric acid groups is 2. The summed E-state index contributed by atoms with van der Waals surface area (Å²) in [5.74, 6) is 2.12. The lowest BCUT2D eigenvalue weighted by Crippen LogP contribution is -2.59. The van der Waals surface area contributed by atoms with Gasteiger partial charge in [-0.2, -0.15) is 4.31 Å². The van der Waals surface area contributed by atoms with Crippen molar-refractivity contribution < 1.29 is 72.0 Å². The van der Waals surface area contributed by atoms with Crippen LogP contribution in [0.1, 0.15) is 6.23 Å².